The minimum absolute atomic E-state index is 0.950. The molecule has 86 valence electrons. The molecule has 1 rings (SSSR count). The van der Waals surface area contributed by atoms with Crippen molar-refractivity contribution in [2.45, 2.75) is 26.9 Å². The van der Waals surface area contributed by atoms with Crippen molar-refractivity contribution in [3.63, 3.8) is 0 Å². The summed E-state index contributed by atoms with van der Waals surface area (Å²) in [6.45, 7) is 8.27. The highest BCUT2D eigenvalue weighted by molar-refractivity contribution is 5.15. The van der Waals surface area contributed by atoms with Gasteiger partial charge in [-0.25, -0.2) is 0 Å². The van der Waals surface area contributed by atoms with Crippen LogP contribution in [0.15, 0.2) is 6.20 Å². The van der Waals surface area contributed by atoms with Crippen molar-refractivity contribution in [3.05, 3.63) is 17.5 Å². The average molecular weight is 210 g/mol. The highest BCUT2D eigenvalue weighted by atomic mass is 15.3. The van der Waals surface area contributed by atoms with Gasteiger partial charge in [-0.05, 0) is 27.9 Å². The highest BCUT2D eigenvalue weighted by Gasteiger charge is 2.07. The Balaban J connectivity index is 2.52. The number of likely N-dealkylation sites (N-methyl/N-ethyl adjacent to an activating group) is 2. The molecule has 0 radical (unpaired) electrons. The van der Waals surface area contributed by atoms with E-state index in [-0.39, 0.29) is 0 Å². The summed E-state index contributed by atoms with van der Waals surface area (Å²) >= 11 is 0. The lowest BCUT2D eigenvalue weighted by Crippen LogP contribution is -2.27. The molecule has 1 aromatic rings. The molecule has 0 saturated carbocycles. The zero-order valence-corrected chi connectivity index (χ0v) is 10.2. The van der Waals surface area contributed by atoms with Crippen LogP contribution in [0.3, 0.4) is 0 Å². The zero-order chi connectivity index (χ0) is 11.3. The predicted molar refractivity (Wildman–Crippen MR) is 62.9 cm³/mol. The van der Waals surface area contributed by atoms with Crippen LogP contribution < -0.4 is 5.32 Å². The molecular weight excluding hydrogens is 188 g/mol. The molecule has 1 aromatic heterocycles. The Kier molecular flexibility index (Phi) is 4.78. The molecule has 0 amide bonds. The molecule has 0 bridgehead atoms. The van der Waals surface area contributed by atoms with E-state index in [1.807, 2.05) is 17.9 Å². The maximum Gasteiger partial charge on any atom is 0.0537 e. The van der Waals surface area contributed by atoms with Gasteiger partial charge in [-0.1, -0.05) is 0 Å². The van der Waals surface area contributed by atoms with Crippen molar-refractivity contribution in [2.24, 2.45) is 0 Å². The number of nitrogens with zero attached hydrogens (tertiary/aromatic N) is 3. The van der Waals surface area contributed by atoms with Gasteiger partial charge in [0.25, 0.3) is 0 Å². The monoisotopic (exact) mass is 210 g/mol. The fourth-order valence-electron chi connectivity index (χ4n) is 1.63. The summed E-state index contributed by atoms with van der Waals surface area (Å²) in [7, 11) is 4.12. The van der Waals surface area contributed by atoms with Crippen LogP contribution in [0.5, 0.6) is 0 Å². The molecule has 4 heteroatoms. The van der Waals surface area contributed by atoms with Crippen LogP contribution in [-0.4, -0.2) is 41.9 Å². The van der Waals surface area contributed by atoms with Gasteiger partial charge in [0.1, 0.15) is 0 Å². The molecule has 1 N–H and O–H groups in total. The van der Waals surface area contributed by atoms with Crippen LogP contribution in [0.4, 0.5) is 0 Å². The van der Waals surface area contributed by atoms with Crippen molar-refractivity contribution in [1.29, 1.82) is 0 Å². The molecule has 15 heavy (non-hydrogen) atoms. The minimum Gasteiger partial charge on any atom is -0.318 e. The first kappa shape index (κ1) is 12.2. The summed E-state index contributed by atoms with van der Waals surface area (Å²) in [5.41, 5.74) is 2.62. The minimum atomic E-state index is 0.950. The predicted octanol–water partition coefficient (Wildman–Crippen LogP) is 0.863. The number of aromatic nitrogens is 2. The van der Waals surface area contributed by atoms with Gasteiger partial charge < -0.3 is 10.2 Å². The van der Waals surface area contributed by atoms with Crippen LogP contribution in [-0.2, 0) is 13.1 Å². The number of rotatable bonds is 6. The summed E-state index contributed by atoms with van der Waals surface area (Å²) in [6.07, 6.45) is 1.98. The van der Waals surface area contributed by atoms with E-state index in [1.54, 1.807) is 0 Å². The number of hydrogen-bond acceptors (Lipinski definition) is 3. The smallest absolute Gasteiger partial charge is 0.0537 e. The average Bonchev–Trinajstić information content (AvgIpc) is 2.57. The summed E-state index contributed by atoms with van der Waals surface area (Å²) in [6, 6.07) is 0. The lowest BCUT2D eigenvalue weighted by Gasteiger charge is -2.15. The van der Waals surface area contributed by atoms with Crippen LogP contribution in [0.2, 0.25) is 0 Å². The van der Waals surface area contributed by atoms with Crippen LogP contribution >= 0.6 is 0 Å². The van der Waals surface area contributed by atoms with Gasteiger partial charge in [0.15, 0.2) is 0 Å². The standard InChI is InChI=1S/C11H22N4/c1-5-15-10(2)11(8-13-15)9-14(4)7-6-12-3/h8,12H,5-7,9H2,1-4H3. The second-order valence-electron chi connectivity index (χ2n) is 3.91. The van der Waals surface area contributed by atoms with Crippen LogP contribution in [0.1, 0.15) is 18.2 Å². The maximum absolute atomic E-state index is 4.34. The van der Waals surface area contributed by atoms with Gasteiger partial charge in [0, 0.05) is 37.4 Å². The van der Waals surface area contributed by atoms with Gasteiger partial charge in [-0.3, -0.25) is 4.68 Å². The summed E-state index contributed by atoms with van der Waals surface area (Å²) in [5.74, 6) is 0. The van der Waals surface area contributed by atoms with Crippen molar-refractivity contribution in [3.8, 4) is 0 Å². The summed E-state index contributed by atoms with van der Waals surface area (Å²) in [5, 5.41) is 7.49. The van der Waals surface area contributed by atoms with Crippen molar-refractivity contribution in [1.82, 2.24) is 20.0 Å². The highest BCUT2D eigenvalue weighted by Crippen LogP contribution is 2.09. The lowest BCUT2D eigenvalue weighted by molar-refractivity contribution is 0.327. The van der Waals surface area contributed by atoms with E-state index in [9.17, 15) is 0 Å². The molecule has 0 atom stereocenters. The quantitative estimate of drug-likeness (QED) is 0.756. The van der Waals surface area contributed by atoms with E-state index in [0.29, 0.717) is 0 Å². The van der Waals surface area contributed by atoms with E-state index < -0.39 is 0 Å². The van der Waals surface area contributed by atoms with E-state index >= 15 is 0 Å². The second kappa shape index (κ2) is 5.88. The van der Waals surface area contributed by atoms with E-state index in [1.165, 1.54) is 11.3 Å². The van der Waals surface area contributed by atoms with Crippen LogP contribution in [0, 0.1) is 6.92 Å². The Morgan fingerprint density at radius 1 is 1.53 bits per heavy atom. The molecule has 4 nitrogen and oxygen atoms in total. The third kappa shape index (κ3) is 3.32. The first-order valence-electron chi connectivity index (χ1n) is 5.53. The van der Waals surface area contributed by atoms with Crippen molar-refractivity contribution in [2.75, 3.05) is 27.2 Å². The van der Waals surface area contributed by atoms with Gasteiger partial charge >= 0.3 is 0 Å². The maximum atomic E-state index is 4.34. The molecule has 1 heterocycles. The molecule has 0 aliphatic heterocycles. The van der Waals surface area contributed by atoms with E-state index in [0.717, 1.165) is 26.2 Å². The second-order valence-corrected chi connectivity index (χ2v) is 3.91. The number of hydrogen-bond donors (Lipinski definition) is 1. The lowest BCUT2D eigenvalue weighted by atomic mass is 10.2. The topological polar surface area (TPSA) is 33.1 Å². The molecule has 0 saturated heterocycles. The first-order valence-corrected chi connectivity index (χ1v) is 5.53. The zero-order valence-electron chi connectivity index (χ0n) is 10.2. The SMILES string of the molecule is CCn1ncc(CN(C)CCNC)c1C. The Labute approximate surface area is 92.3 Å². The summed E-state index contributed by atoms with van der Waals surface area (Å²) < 4.78 is 2.04. The van der Waals surface area contributed by atoms with Crippen LogP contribution in [0.25, 0.3) is 0 Å². The third-order valence-electron chi connectivity index (χ3n) is 2.69. The molecule has 0 aliphatic carbocycles. The van der Waals surface area contributed by atoms with E-state index in [2.05, 4.69) is 36.2 Å². The molecule has 0 spiro atoms. The summed E-state index contributed by atoms with van der Waals surface area (Å²) in [4.78, 5) is 2.31. The molecular formula is C11H22N4. The first-order chi connectivity index (χ1) is 7.19. The van der Waals surface area contributed by atoms with Gasteiger partial charge in [0.2, 0.25) is 0 Å². The fourth-order valence-corrected chi connectivity index (χ4v) is 1.63. The number of nitrogens with one attached hydrogen (secondary N) is 1. The molecule has 0 fully saturated rings. The fraction of sp³-hybridized carbons (Fsp3) is 0.727. The van der Waals surface area contributed by atoms with Gasteiger partial charge in [-0.2, -0.15) is 5.10 Å². The normalized spacial score (nSPS) is 11.3. The Morgan fingerprint density at radius 3 is 2.80 bits per heavy atom. The van der Waals surface area contributed by atoms with Crippen molar-refractivity contribution < 1.29 is 0 Å². The largest absolute Gasteiger partial charge is 0.318 e. The van der Waals surface area contributed by atoms with Crippen molar-refractivity contribution >= 4 is 0 Å². The molecule has 0 aromatic carbocycles. The Hall–Kier alpha value is -0.870. The van der Waals surface area contributed by atoms with Gasteiger partial charge in [0.05, 0.1) is 6.20 Å². The Morgan fingerprint density at radius 2 is 2.27 bits per heavy atom. The Bertz CT molecular complexity index is 293. The molecule has 0 aliphatic rings. The van der Waals surface area contributed by atoms with E-state index in [4.69, 9.17) is 0 Å². The number of aryl methyl sites for hydroxylation is 1. The van der Waals surface area contributed by atoms with Gasteiger partial charge in [-0.15, -0.1) is 0 Å². The molecule has 0 unspecified atom stereocenters. The third-order valence-corrected chi connectivity index (χ3v) is 2.69.